The van der Waals surface area contributed by atoms with E-state index in [0.29, 0.717) is 41.2 Å². The summed E-state index contributed by atoms with van der Waals surface area (Å²) < 4.78 is 12.2. The van der Waals surface area contributed by atoms with Crippen molar-refractivity contribution in [1.29, 1.82) is 5.26 Å². The van der Waals surface area contributed by atoms with Crippen LogP contribution in [0, 0.1) is 18.3 Å². The first-order chi connectivity index (χ1) is 15.0. The summed E-state index contributed by atoms with van der Waals surface area (Å²) in [5.41, 5.74) is 9.75. The minimum atomic E-state index is -1.05. The molecule has 0 amide bonds. The molecule has 4 rings (SSSR count). The summed E-state index contributed by atoms with van der Waals surface area (Å²) in [5, 5.41) is 18.7. The van der Waals surface area contributed by atoms with E-state index in [4.69, 9.17) is 20.5 Å². The van der Waals surface area contributed by atoms with Crippen molar-refractivity contribution < 1.29 is 19.4 Å². The third kappa shape index (κ3) is 4.15. The lowest BCUT2D eigenvalue weighted by Crippen LogP contribution is -2.17. The number of Topliss-reactive ketones (excluding diaryl/α,β-unsaturated/α-hetero) is 1. The normalized spacial score (nSPS) is 14.7. The standard InChI is InChI=1S/C25H22N2O4/c1-15-22(11-10-20-21(28)12-13-30-23(15)20)31-24(17-4-2-16(14-26)3-5-17)18-6-8-19(9-7-18)25(27)29/h2-11,24-25,29H,12-13,27H2,1H3/t24?,25-/m1/s1. The molecule has 0 spiro atoms. The number of hydrogen-bond donors (Lipinski definition) is 2. The van der Waals surface area contributed by atoms with Crippen LogP contribution >= 0.6 is 0 Å². The maximum Gasteiger partial charge on any atom is 0.170 e. The molecule has 0 radical (unpaired) electrons. The number of nitriles is 1. The second-order valence-electron chi connectivity index (χ2n) is 7.43. The van der Waals surface area contributed by atoms with Gasteiger partial charge in [-0.1, -0.05) is 36.4 Å². The number of carbonyl (C=O) groups excluding carboxylic acids is 1. The molecule has 2 atom stereocenters. The number of benzene rings is 3. The van der Waals surface area contributed by atoms with E-state index in [1.54, 1.807) is 36.4 Å². The van der Waals surface area contributed by atoms with Gasteiger partial charge in [0.15, 0.2) is 5.78 Å². The van der Waals surface area contributed by atoms with Crippen LogP contribution in [0.5, 0.6) is 11.5 Å². The van der Waals surface area contributed by atoms with Gasteiger partial charge in [-0.3, -0.25) is 4.79 Å². The van der Waals surface area contributed by atoms with Crippen molar-refractivity contribution in [2.24, 2.45) is 5.73 Å². The highest BCUT2D eigenvalue weighted by molar-refractivity contribution is 6.00. The second-order valence-corrected chi connectivity index (χ2v) is 7.43. The molecule has 1 heterocycles. The Hall–Kier alpha value is -3.66. The van der Waals surface area contributed by atoms with Crippen LogP contribution in [0.1, 0.15) is 56.9 Å². The van der Waals surface area contributed by atoms with Crippen molar-refractivity contribution >= 4 is 5.78 Å². The van der Waals surface area contributed by atoms with Gasteiger partial charge in [0.05, 0.1) is 23.8 Å². The Balaban J connectivity index is 1.74. The van der Waals surface area contributed by atoms with Crippen molar-refractivity contribution in [3.63, 3.8) is 0 Å². The van der Waals surface area contributed by atoms with Crippen molar-refractivity contribution in [3.8, 4) is 17.6 Å². The van der Waals surface area contributed by atoms with E-state index in [0.717, 1.165) is 16.7 Å². The Morgan fingerprint density at radius 3 is 2.26 bits per heavy atom. The van der Waals surface area contributed by atoms with Gasteiger partial charge in [0.2, 0.25) is 0 Å². The SMILES string of the molecule is Cc1c(OC(c2ccc(C#N)cc2)c2ccc([C@H](N)O)cc2)ccc2c1OCCC2=O. The number of carbonyl (C=O) groups is 1. The van der Waals surface area contributed by atoms with Crippen molar-refractivity contribution in [3.05, 3.63) is 94.0 Å². The molecule has 0 saturated carbocycles. The summed E-state index contributed by atoms with van der Waals surface area (Å²) in [6.07, 6.45) is -1.16. The predicted molar refractivity (Wildman–Crippen MR) is 115 cm³/mol. The molecule has 0 fully saturated rings. The smallest absolute Gasteiger partial charge is 0.170 e. The van der Waals surface area contributed by atoms with Gasteiger partial charge in [0.25, 0.3) is 0 Å². The van der Waals surface area contributed by atoms with Gasteiger partial charge < -0.3 is 20.3 Å². The van der Waals surface area contributed by atoms with Gasteiger partial charge in [0, 0.05) is 12.0 Å². The molecule has 1 aliphatic heterocycles. The average Bonchev–Trinajstić information content (AvgIpc) is 2.79. The summed E-state index contributed by atoms with van der Waals surface area (Å²) >= 11 is 0. The zero-order valence-corrected chi connectivity index (χ0v) is 17.0. The molecular weight excluding hydrogens is 392 g/mol. The second kappa shape index (κ2) is 8.60. The lowest BCUT2D eigenvalue weighted by atomic mass is 9.98. The summed E-state index contributed by atoms with van der Waals surface area (Å²) in [6, 6.07) is 20.0. The average molecular weight is 414 g/mol. The minimum Gasteiger partial charge on any atom is -0.492 e. The van der Waals surface area contributed by atoms with E-state index in [2.05, 4.69) is 6.07 Å². The molecule has 3 aromatic carbocycles. The topological polar surface area (TPSA) is 106 Å². The van der Waals surface area contributed by atoms with E-state index in [1.165, 1.54) is 0 Å². The number of hydrogen-bond acceptors (Lipinski definition) is 6. The molecule has 31 heavy (non-hydrogen) atoms. The Labute approximate surface area is 180 Å². The van der Waals surface area contributed by atoms with Crippen LogP contribution < -0.4 is 15.2 Å². The fraction of sp³-hybridized carbons (Fsp3) is 0.200. The van der Waals surface area contributed by atoms with Crippen LogP contribution in [0.15, 0.2) is 60.7 Å². The van der Waals surface area contributed by atoms with E-state index >= 15 is 0 Å². The molecule has 1 unspecified atom stereocenters. The molecular formula is C25H22N2O4. The molecule has 0 saturated heterocycles. The molecule has 0 aliphatic carbocycles. The van der Waals surface area contributed by atoms with Gasteiger partial charge in [-0.25, -0.2) is 0 Å². The quantitative estimate of drug-likeness (QED) is 0.613. The third-order valence-corrected chi connectivity index (χ3v) is 5.40. The number of ketones is 1. The van der Waals surface area contributed by atoms with Crippen LogP contribution in [0.3, 0.4) is 0 Å². The zero-order valence-electron chi connectivity index (χ0n) is 17.0. The molecule has 0 aromatic heterocycles. The highest BCUT2D eigenvalue weighted by Gasteiger charge is 2.24. The summed E-state index contributed by atoms with van der Waals surface area (Å²) in [6.45, 7) is 2.23. The monoisotopic (exact) mass is 414 g/mol. The number of aliphatic hydroxyl groups excluding tert-OH is 1. The van der Waals surface area contributed by atoms with Gasteiger partial charge in [-0.2, -0.15) is 5.26 Å². The molecule has 1 aliphatic rings. The van der Waals surface area contributed by atoms with Crippen molar-refractivity contribution in [1.82, 2.24) is 0 Å². The number of aliphatic hydroxyl groups is 1. The minimum absolute atomic E-state index is 0.0653. The van der Waals surface area contributed by atoms with E-state index in [9.17, 15) is 9.90 Å². The predicted octanol–water partition coefficient (Wildman–Crippen LogP) is 3.95. The van der Waals surface area contributed by atoms with Gasteiger partial charge >= 0.3 is 0 Å². The highest BCUT2D eigenvalue weighted by Crippen LogP contribution is 2.38. The van der Waals surface area contributed by atoms with Crippen LogP contribution in [0.25, 0.3) is 0 Å². The lowest BCUT2D eigenvalue weighted by Gasteiger charge is -2.25. The van der Waals surface area contributed by atoms with Gasteiger partial charge in [0.1, 0.15) is 23.8 Å². The van der Waals surface area contributed by atoms with Crippen LogP contribution in [0.4, 0.5) is 0 Å². The molecule has 6 nitrogen and oxygen atoms in total. The number of ether oxygens (including phenoxy) is 2. The van der Waals surface area contributed by atoms with Crippen LogP contribution in [-0.4, -0.2) is 17.5 Å². The van der Waals surface area contributed by atoms with E-state index in [-0.39, 0.29) is 5.78 Å². The summed E-state index contributed by atoms with van der Waals surface area (Å²) in [4.78, 5) is 12.2. The van der Waals surface area contributed by atoms with Gasteiger partial charge in [-0.15, -0.1) is 0 Å². The van der Waals surface area contributed by atoms with Crippen molar-refractivity contribution in [2.75, 3.05) is 6.61 Å². The number of nitrogens with two attached hydrogens (primary N) is 1. The Kier molecular flexibility index (Phi) is 5.72. The largest absolute Gasteiger partial charge is 0.492 e. The fourth-order valence-corrected chi connectivity index (χ4v) is 3.64. The van der Waals surface area contributed by atoms with Crippen LogP contribution in [-0.2, 0) is 0 Å². The molecule has 156 valence electrons. The number of rotatable bonds is 5. The summed E-state index contributed by atoms with van der Waals surface area (Å²) in [7, 11) is 0. The lowest BCUT2D eigenvalue weighted by molar-refractivity contribution is 0.0932. The first-order valence-electron chi connectivity index (χ1n) is 9.97. The Morgan fingerprint density at radius 2 is 1.65 bits per heavy atom. The maximum atomic E-state index is 12.2. The fourth-order valence-electron chi connectivity index (χ4n) is 3.64. The Bertz CT molecular complexity index is 1150. The Morgan fingerprint density at radius 1 is 1.03 bits per heavy atom. The van der Waals surface area contributed by atoms with E-state index in [1.807, 2.05) is 31.2 Å². The first-order valence-corrected chi connectivity index (χ1v) is 9.97. The molecule has 3 N–H and O–H groups in total. The number of nitrogens with zero attached hydrogens (tertiary/aromatic N) is 1. The van der Waals surface area contributed by atoms with Gasteiger partial charge in [-0.05, 0) is 47.9 Å². The molecule has 3 aromatic rings. The zero-order chi connectivity index (χ0) is 22.0. The number of fused-ring (bicyclic) bond motifs is 1. The summed E-state index contributed by atoms with van der Waals surface area (Å²) in [5.74, 6) is 1.23. The molecule has 6 heteroatoms. The van der Waals surface area contributed by atoms with E-state index < -0.39 is 12.3 Å². The maximum absolute atomic E-state index is 12.2. The van der Waals surface area contributed by atoms with Crippen molar-refractivity contribution in [2.45, 2.75) is 25.7 Å². The first kappa shape index (κ1) is 20.6. The third-order valence-electron chi connectivity index (χ3n) is 5.40. The highest BCUT2D eigenvalue weighted by atomic mass is 16.5. The molecule has 0 bridgehead atoms. The van der Waals surface area contributed by atoms with Crippen LogP contribution in [0.2, 0.25) is 0 Å².